The molecule has 2 N–H and O–H groups in total. The second-order valence-corrected chi connectivity index (χ2v) is 6.86. The summed E-state index contributed by atoms with van der Waals surface area (Å²) in [6.45, 7) is 2.58. The quantitative estimate of drug-likeness (QED) is 0.785. The Balaban J connectivity index is 2.13. The molecule has 1 aromatic rings. The van der Waals surface area contributed by atoms with Gasteiger partial charge < -0.3 is 9.73 Å². The van der Waals surface area contributed by atoms with Crippen LogP contribution in [0.4, 0.5) is 0 Å². The van der Waals surface area contributed by atoms with Crippen molar-refractivity contribution in [3.8, 4) is 0 Å². The molecule has 0 aromatic carbocycles. The molecule has 0 spiro atoms. The smallest absolute Gasteiger partial charge is 0.280 e. The van der Waals surface area contributed by atoms with Gasteiger partial charge in [-0.15, -0.1) is 0 Å². The summed E-state index contributed by atoms with van der Waals surface area (Å²) in [6.07, 6.45) is 3.66. The summed E-state index contributed by atoms with van der Waals surface area (Å²) in [5, 5.41) is 2.78. The predicted molar refractivity (Wildman–Crippen MR) is 77.6 cm³/mol. The van der Waals surface area contributed by atoms with Gasteiger partial charge in [-0.25, -0.2) is 0 Å². The van der Waals surface area contributed by atoms with E-state index in [1.165, 1.54) is 13.3 Å². The van der Waals surface area contributed by atoms with E-state index in [2.05, 4.69) is 10.0 Å². The predicted octanol–water partition coefficient (Wildman–Crippen LogP) is 0.776. The zero-order chi connectivity index (χ0) is 15.5. The zero-order valence-corrected chi connectivity index (χ0v) is 13.0. The minimum absolute atomic E-state index is 0.271. The SMILES string of the molecule is CCCCNC(=O)[C@H]1C[C@@H](c2ccco2)NS(=O)(=O)N1C. The van der Waals surface area contributed by atoms with Gasteiger partial charge in [-0.1, -0.05) is 13.3 Å². The van der Waals surface area contributed by atoms with E-state index >= 15 is 0 Å². The Morgan fingerprint density at radius 1 is 1.57 bits per heavy atom. The fourth-order valence-corrected chi connectivity index (χ4v) is 3.55. The van der Waals surface area contributed by atoms with Crippen LogP contribution in [0.25, 0.3) is 0 Å². The number of carbonyl (C=O) groups excluding carboxylic acids is 1. The van der Waals surface area contributed by atoms with E-state index in [0.29, 0.717) is 18.7 Å². The summed E-state index contributed by atoms with van der Waals surface area (Å²) in [5.74, 6) is 0.241. The lowest BCUT2D eigenvalue weighted by molar-refractivity contribution is -0.125. The Morgan fingerprint density at radius 2 is 2.33 bits per heavy atom. The zero-order valence-electron chi connectivity index (χ0n) is 12.2. The van der Waals surface area contributed by atoms with Crippen molar-refractivity contribution in [3.05, 3.63) is 24.2 Å². The molecule has 0 bridgehead atoms. The van der Waals surface area contributed by atoms with Crippen LogP contribution < -0.4 is 10.0 Å². The first-order chi connectivity index (χ1) is 9.95. The molecule has 2 atom stereocenters. The molecule has 2 rings (SSSR count). The van der Waals surface area contributed by atoms with Crippen molar-refractivity contribution >= 4 is 16.1 Å². The number of hydrogen-bond donors (Lipinski definition) is 2. The van der Waals surface area contributed by atoms with E-state index in [4.69, 9.17) is 4.42 Å². The number of rotatable bonds is 5. The lowest BCUT2D eigenvalue weighted by atomic mass is 10.0. The Kier molecular flexibility index (Phi) is 5.02. The van der Waals surface area contributed by atoms with Crippen LogP contribution in [0.5, 0.6) is 0 Å². The molecule has 1 aliphatic rings. The molecule has 1 aliphatic heterocycles. The van der Waals surface area contributed by atoms with Crippen LogP contribution >= 0.6 is 0 Å². The van der Waals surface area contributed by atoms with Crippen LogP contribution in [0.3, 0.4) is 0 Å². The first kappa shape index (κ1) is 16.0. The largest absolute Gasteiger partial charge is 0.468 e. The normalized spacial score (nSPS) is 25.6. The first-order valence-corrected chi connectivity index (χ1v) is 8.46. The van der Waals surface area contributed by atoms with E-state index < -0.39 is 22.3 Å². The maximum atomic E-state index is 12.2. The average molecular weight is 315 g/mol. The molecule has 1 aromatic heterocycles. The summed E-state index contributed by atoms with van der Waals surface area (Å²) in [4.78, 5) is 12.2. The van der Waals surface area contributed by atoms with Crippen LogP contribution in [-0.2, 0) is 15.0 Å². The van der Waals surface area contributed by atoms with Crippen LogP contribution in [0, 0.1) is 0 Å². The van der Waals surface area contributed by atoms with E-state index in [1.807, 2.05) is 6.92 Å². The summed E-state index contributed by atoms with van der Waals surface area (Å²) in [6, 6.07) is 2.13. The highest BCUT2D eigenvalue weighted by Crippen LogP contribution is 2.27. The highest BCUT2D eigenvalue weighted by atomic mass is 32.2. The number of unbranched alkanes of at least 4 members (excludes halogenated alkanes) is 1. The molecular weight excluding hydrogens is 294 g/mol. The summed E-state index contributed by atoms with van der Waals surface area (Å²) in [5.41, 5.74) is 0. The second-order valence-electron chi connectivity index (χ2n) is 5.10. The third kappa shape index (κ3) is 3.63. The van der Waals surface area contributed by atoms with Crippen molar-refractivity contribution in [2.24, 2.45) is 0 Å². The third-order valence-corrected chi connectivity index (χ3v) is 5.18. The Bertz CT molecular complexity index is 570. The number of likely N-dealkylation sites (N-methyl/N-ethyl adjacent to an activating group) is 1. The standard InChI is InChI=1S/C13H21N3O4S/c1-3-4-7-14-13(17)11-9-10(12-6-5-8-20-12)15-21(18,19)16(11)2/h5-6,8,10-11,15H,3-4,7,9H2,1-2H3,(H,14,17)/t10-,11+/m0/s1. The minimum atomic E-state index is -3.70. The van der Waals surface area contributed by atoms with Crippen LogP contribution in [0.2, 0.25) is 0 Å². The summed E-state index contributed by atoms with van der Waals surface area (Å²) < 4.78 is 33.1. The Hall–Kier alpha value is -1.38. The maximum Gasteiger partial charge on any atom is 0.280 e. The van der Waals surface area contributed by atoms with E-state index in [1.54, 1.807) is 12.1 Å². The molecule has 0 aliphatic carbocycles. The number of nitrogens with one attached hydrogen (secondary N) is 2. The van der Waals surface area contributed by atoms with E-state index in [9.17, 15) is 13.2 Å². The van der Waals surface area contributed by atoms with Crippen molar-refractivity contribution in [1.29, 1.82) is 0 Å². The van der Waals surface area contributed by atoms with Crippen LogP contribution in [0.1, 0.15) is 38.0 Å². The van der Waals surface area contributed by atoms with Crippen molar-refractivity contribution in [3.63, 3.8) is 0 Å². The number of amides is 1. The Labute approximate surface area is 124 Å². The number of furan rings is 1. The van der Waals surface area contributed by atoms with Gasteiger partial charge in [-0.3, -0.25) is 4.79 Å². The highest BCUT2D eigenvalue weighted by Gasteiger charge is 2.41. The average Bonchev–Trinajstić information content (AvgIpc) is 2.95. The molecule has 8 heteroatoms. The fraction of sp³-hybridized carbons (Fsp3) is 0.615. The molecule has 7 nitrogen and oxygen atoms in total. The third-order valence-electron chi connectivity index (χ3n) is 3.59. The summed E-state index contributed by atoms with van der Waals surface area (Å²) in [7, 11) is -2.29. The molecule has 118 valence electrons. The Morgan fingerprint density at radius 3 is 2.95 bits per heavy atom. The van der Waals surface area contributed by atoms with Gasteiger partial charge in [-0.05, 0) is 25.0 Å². The molecule has 1 saturated heterocycles. The van der Waals surface area contributed by atoms with Crippen LogP contribution in [-0.4, -0.2) is 38.3 Å². The topological polar surface area (TPSA) is 91.6 Å². The molecule has 21 heavy (non-hydrogen) atoms. The van der Waals surface area contributed by atoms with Gasteiger partial charge in [0.05, 0.1) is 12.3 Å². The molecular formula is C13H21N3O4S. The molecule has 2 heterocycles. The summed E-state index contributed by atoms with van der Waals surface area (Å²) >= 11 is 0. The molecule has 1 fully saturated rings. The molecule has 0 saturated carbocycles. The minimum Gasteiger partial charge on any atom is -0.468 e. The number of carbonyl (C=O) groups is 1. The number of hydrogen-bond acceptors (Lipinski definition) is 4. The van der Waals surface area contributed by atoms with Gasteiger partial charge in [0.25, 0.3) is 10.2 Å². The van der Waals surface area contributed by atoms with Crippen LogP contribution in [0.15, 0.2) is 22.8 Å². The fourth-order valence-electron chi connectivity index (χ4n) is 2.29. The van der Waals surface area contributed by atoms with Gasteiger partial charge >= 0.3 is 0 Å². The van der Waals surface area contributed by atoms with Crippen molar-refractivity contribution in [1.82, 2.24) is 14.3 Å². The first-order valence-electron chi connectivity index (χ1n) is 7.02. The van der Waals surface area contributed by atoms with Gasteiger partial charge in [0.1, 0.15) is 11.8 Å². The monoisotopic (exact) mass is 315 g/mol. The van der Waals surface area contributed by atoms with Crippen molar-refractivity contribution in [2.75, 3.05) is 13.6 Å². The number of nitrogens with zero attached hydrogens (tertiary/aromatic N) is 1. The van der Waals surface area contributed by atoms with Gasteiger partial charge in [0, 0.05) is 13.6 Å². The lowest BCUT2D eigenvalue weighted by Crippen LogP contribution is -2.57. The van der Waals surface area contributed by atoms with Gasteiger partial charge in [0.2, 0.25) is 5.91 Å². The van der Waals surface area contributed by atoms with Gasteiger partial charge in [-0.2, -0.15) is 17.4 Å². The lowest BCUT2D eigenvalue weighted by Gasteiger charge is -2.35. The molecule has 0 unspecified atom stereocenters. The van der Waals surface area contributed by atoms with E-state index in [-0.39, 0.29) is 5.91 Å². The highest BCUT2D eigenvalue weighted by molar-refractivity contribution is 7.87. The van der Waals surface area contributed by atoms with E-state index in [0.717, 1.165) is 17.1 Å². The molecule has 0 radical (unpaired) electrons. The molecule has 1 amide bonds. The second kappa shape index (κ2) is 6.59. The van der Waals surface area contributed by atoms with Crippen molar-refractivity contribution in [2.45, 2.75) is 38.3 Å². The maximum absolute atomic E-state index is 12.2. The van der Waals surface area contributed by atoms with Crippen molar-refractivity contribution < 1.29 is 17.6 Å². The van der Waals surface area contributed by atoms with Gasteiger partial charge in [0.15, 0.2) is 0 Å².